The molecule has 18 heavy (non-hydrogen) atoms. The van der Waals surface area contributed by atoms with Gasteiger partial charge in [0.2, 0.25) is 0 Å². The van der Waals surface area contributed by atoms with Gasteiger partial charge in [0.25, 0.3) is 0 Å². The van der Waals surface area contributed by atoms with Crippen molar-refractivity contribution in [2.24, 2.45) is 0 Å². The van der Waals surface area contributed by atoms with Crippen molar-refractivity contribution in [1.82, 2.24) is 4.98 Å². The van der Waals surface area contributed by atoms with E-state index < -0.39 is 0 Å². The molecule has 0 spiro atoms. The number of aryl methyl sites for hydroxylation is 3. The largest absolute Gasteiger partial charge is 0.359 e. The average molecular weight is 235 g/mol. The number of hydrogen-bond acceptors (Lipinski definition) is 0. The molecule has 1 heterocycles. The summed E-state index contributed by atoms with van der Waals surface area (Å²) in [5, 5.41) is 1.28. The quantitative estimate of drug-likeness (QED) is 0.626. The van der Waals surface area contributed by atoms with Gasteiger partial charge in [-0.3, -0.25) is 0 Å². The van der Waals surface area contributed by atoms with Crippen LogP contribution in [-0.2, 0) is 0 Å². The van der Waals surface area contributed by atoms with Crippen LogP contribution in [0.4, 0.5) is 0 Å². The fourth-order valence-electron chi connectivity index (χ4n) is 2.60. The van der Waals surface area contributed by atoms with Gasteiger partial charge in [-0.1, -0.05) is 35.4 Å². The summed E-state index contributed by atoms with van der Waals surface area (Å²) in [6.45, 7) is 6.39. The van der Waals surface area contributed by atoms with Crippen LogP contribution in [0.3, 0.4) is 0 Å². The number of hydrogen-bond donors (Lipinski definition) is 1. The SMILES string of the molecule is Cc1cc(C)cc(-c2ccc3[nH]c(C)cc3c2)c1. The first-order chi connectivity index (χ1) is 8.61. The van der Waals surface area contributed by atoms with E-state index in [9.17, 15) is 0 Å². The Labute approximate surface area is 107 Å². The highest BCUT2D eigenvalue weighted by molar-refractivity contribution is 5.86. The van der Waals surface area contributed by atoms with E-state index in [-0.39, 0.29) is 0 Å². The average Bonchev–Trinajstić information content (AvgIpc) is 2.66. The monoisotopic (exact) mass is 235 g/mol. The van der Waals surface area contributed by atoms with Crippen LogP contribution in [0.15, 0.2) is 42.5 Å². The summed E-state index contributed by atoms with van der Waals surface area (Å²) in [6.07, 6.45) is 0. The van der Waals surface area contributed by atoms with Crippen LogP contribution in [0.1, 0.15) is 16.8 Å². The Morgan fingerprint density at radius 1 is 0.722 bits per heavy atom. The van der Waals surface area contributed by atoms with Crippen LogP contribution < -0.4 is 0 Å². The molecule has 0 saturated heterocycles. The maximum absolute atomic E-state index is 3.36. The third-order valence-corrected chi connectivity index (χ3v) is 3.31. The topological polar surface area (TPSA) is 15.8 Å². The van der Waals surface area contributed by atoms with Gasteiger partial charge >= 0.3 is 0 Å². The first kappa shape index (κ1) is 11.1. The predicted molar refractivity (Wildman–Crippen MR) is 77.9 cm³/mol. The fraction of sp³-hybridized carbons (Fsp3) is 0.176. The molecule has 0 bridgehead atoms. The molecule has 0 amide bonds. The minimum Gasteiger partial charge on any atom is -0.359 e. The number of H-pyrrole nitrogens is 1. The van der Waals surface area contributed by atoms with Crippen LogP contribution in [0, 0.1) is 20.8 Å². The molecule has 0 aliphatic heterocycles. The van der Waals surface area contributed by atoms with E-state index in [1.807, 2.05) is 0 Å². The highest BCUT2D eigenvalue weighted by Gasteiger charge is 2.03. The summed E-state index contributed by atoms with van der Waals surface area (Å²) in [4.78, 5) is 3.36. The molecule has 1 heteroatoms. The van der Waals surface area contributed by atoms with Gasteiger partial charge in [-0.2, -0.15) is 0 Å². The van der Waals surface area contributed by atoms with Gasteiger partial charge in [0.1, 0.15) is 0 Å². The Morgan fingerprint density at radius 2 is 1.44 bits per heavy atom. The summed E-state index contributed by atoms with van der Waals surface area (Å²) < 4.78 is 0. The van der Waals surface area contributed by atoms with Crippen LogP contribution in [0.25, 0.3) is 22.0 Å². The zero-order valence-corrected chi connectivity index (χ0v) is 11.0. The molecule has 0 aliphatic carbocycles. The third kappa shape index (κ3) is 1.92. The Bertz CT molecular complexity index is 699. The summed E-state index contributed by atoms with van der Waals surface area (Å²) in [5.41, 5.74) is 7.63. The summed E-state index contributed by atoms with van der Waals surface area (Å²) >= 11 is 0. The smallest absolute Gasteiger partial charge is 0.0456 e. The Kier molecular flexibility index (Phi) is 2.48. The zero-order chi connectivity index (χ0) is 12.7. The predicted octanol–water partition coefficient (Wildman–Crippen LogP) is 4.76. The summed E-state index contributed by atoms with van der Waals surface area (Å²) in [6, 6.07) is 15.5. The van der Waals surface area contributed by atoms with E-state index in [1.54, 1.807) is 0 Å². The van der Waals surface area contributed by atoms with Crippen molar-refractivity contribution in [2.45, 2.75) is 20.8 Å². The highest BCUT2D eigenvalue weighted by Crippen LogP contribution is 2.26. The normalized spacial score (nSPS) is 11.1. The molecule has 1 aromatic heterocycles. The first-order valence-electron chi connectivity index (χ1n) is 6.30. The number of fused-ring (bicyclic) bond motifs is 1. The van der Waals surface area contributed by atoms with Crippen molar-refractivity contribution in [3.8, 4) is 11.1 Å². The highest BCUT2D eigenvalue weighted by atomic mass is 14.7. The molecule has 3 aromatic rings. The number of nitrogens with one attached hydrogen (secondary N) is 1. The van der Waals surface area contributed by atoms with Gasteiger partial charge in [0, 0.05) is 16.6 Å². The molecule has 0 atom stereocenters. The lowest BCUT2D eigenvalue weighted by Gasteiger charge is -2.05. The lowest BCUT2D eigenvalue weighted by atomic mass is 10.00. The number of aromatic nitrogens is 1. The molecule has 2 aromatic carbocycles. The molecular weight excluding hydrogens is 218 g/mol. The van der Waals surface area contributed by atoms with Crippen molar-refractivity contribution in [3.63, 3.8) is 0 Å². The van der Waals surface area contributed by atoms with Crippen LogP contribution in [0.2, 0.25) is 0 Å². The zero-order valence-electron chi connectivity index (χ0n) is 11.0. The molecule has 1 N–H and O–H groups in total. The van der Waals surface area contributed by atoms with Gasteiger partial charge in [-0.25, -0.2) is 0 Å². The maximum atomic E-state index is 3.36. The van der Waals surface area contributed by atoms with Gasteiger partial charge in [-0.15, -0.1) is 0 Å². The third-order valence-electron chi connectivity index (χ3n) is 3.31. The van der Waals surface area contributed by atoms with Crippen molar-refractivity contribution >= 4 is 10.9 Å². The van der Waals surface area contributed by atoms with Crippen LogP contribution in [0.5, 0.6) is 0 Å². The standard InChI is InChI=1S/C17H17N/c1-11-6-12(2)8-15(7-11)14-4-5-17-16(10-14)9-13(3)18-17/h4-10,18H,1-3H3. The molecule has 1 nitrogen and oxygen atoms in total. The first-order valence-corrected chi connectivity index (χ1v) is 6.30. The number of aromatic amines is 1. The van der Waals surface area contributed by atoms with E-state index in [1.165, 1.54) is 38.9 Å². The number of rotatable bonds is 1. The lowest BCUT2D eigenvalue weighted by molar-refractivity contribution is 1.30. The van der Waals surface area contributed by atoms with Crippen molar-refractivity contribution < 1.29 is 0 Å². The molecule has 0 radical (unpaired) electrons. The molecule has 0 unspecified atom stereocenters. The van der Waals surface area contributed by atoms with Crippen LogP contribution >= 0.6 is 0 Å². The van der Waals surface area contributed by atoms with Crippen molar-refractivity contribution in [1.29, 1.82) is 0 Å². The van der Waals surface area contributed by atoms with Crippen molar-refractivity contribution in [3.05, 3.63) is 59.3 Å². The Morgan fingerprint density at radius 3 is 2.17 bits per heavy atom. The molecular formula is C17H17N. The maximum Gasteiger partial charge on any atom is 0.0456 e. The minimum atomic E-state index is 1.21. The Balaban J connectivity index is 2.18. The van der Waals surface area contributed by atoms with E-state index >= 15 is 0 Å². The van der Waals surface area contributed by atoms with Crippen molar-refractivity contribution in [2.75, 3.05) is 0 Å². The molecule has 0 fully saturated rings. The second kappa shape index (κ2) is 4.02. The van der Waals surface area contributed by atoms with E-state index in [0.717, 1.165) is 0 Å². The second-order valence-electron chi connectivity index (χ2n) is 5.13. The lowest BCUT2D eigenvalue weighted by Crippen LogP contribution is -1.82. The van der Waals surface area contributed by atoms with E-state index in [0.29, 0.717) is 0 Å². The molecule has 0 aliphatic rings. The van der Waals surface area contributed by atoms with E-state index in [2.05, 4.69) is 68.2 Å². The van der Waals surface area contributed by atoms with Gasteiger partial charge < -0.3 is 4.98 Å². The van der Waals surface area contributed by atoms with Gasteiger partial charge in [0.05, 0.1) is 0 Å². The minimum absolute atomic E-state index is 1.21. The Hall–Kier alpha value is -2.02. The summed E-state index contributed by atoms with van der Waals surface area (Å²) in [5.74, 6) is 0. The number of benzene rings is 2. The fourth-order valence-corrected chi connectivity index (χ4v) is 2.60. The summed E-state index contributed by atoms with van der Waals surface area (Å²) in [7, 11) is 0. The second-order valence-corrected chi connectivity index (χ2v) is 5.13. The van der Waals surface area contributed by atoms with Gasteiger partial charge in [-0.05, 0) is 50.1 Å². The van der Waals surface area contributed by atoms with Gasteiger partial charge in [0.15, 0.2) is 0 Å². The van der Waals surface area contributed by atoms with Crippen LogP contribution in [-0.4, -0.2) is 4.98 Å². The molecule has 0 saturated carbocycles. The molecule has 3 rings (SSSR count). The van der Waals surface area contributed by atoms with E-state index in [4.69, 9.17) is 0 Å². The molecule has 90 valence electrons.